The summed E-state index contributed by atoms with van der Waals surface area (Å²) >= 11 is 0. The van der Waals surface area contributed by atoms with Crippen molar-refractivity contribution in [3.63, 3.8) is 0 Å². The molecule has 0 unspecified atom stereocenters. The van der Waals surface area contributed by atoms with Gasteiger partial charge in [0, 0.05) is 13.6 Å². The molecule has 24 heavy (non-hydrogen) atoms. The molecule has 0 saturated carbocycles. The molecule has 2 aromatic carbocycles. The lowest BCUT2D eigenvalue weighted by Gasteiger charge is -2.19. The molecule has 0 atom stereocenters. The highest BCUT2D eigenvalue weighted by atomic mass is 32.2. The van der Waals surface area contributed by atoms with Crippen molar-refractivity contribution in [3.05, 3.63) is 59.7 Å². The Labute approximate surface area is 141 Å². The van der Waals surface area contributed by atoms with Crippen LogP contribution in [-0.4, -0.2) is 40.0 Å². The molecule has 0 heterocycles. The lowest BCUT2D eigenvalue weighted by atomic mass is 10.2. The molecule has 0 spiro atoms. The molecule has 0 fully saturated rings. The molecule has 0 radical (unpaired) electrons. The van der Waals surface area contributed by atoms with E-state index < -0.39 is 16.0 Å². The highest BCUT2D eigenvalue weighted by molar-refractivity contribution is 7.89. The number of esters is 1. The van der Waals surface area contributed by atoms with Gasteiger partial charge < -0.3 is 9.47 Å². The number of ether oxygens (including phenoxy) is 2. The summed E-state index contributed by atoms with van der Waals surface area (Å²) in [5.74, 6) is 0.00678. The number of benzene rings is 2. The number of methoxy groups -OCH3 is 2. The summed E-state index contributed by atoms with van der Waals surface area (Å²) in [6.07, 6.45) is 0. The van der Waals surface area contributed by atoms with Crippen molar-refractivity contribution in [1.29, 1.82) is 0 Å². The number of nitrogens with zero attached hydrogens (tertiary/aromatic N) is 1. The molecule has 0 aromatic heterocycles. The average Bonchev–Trinajstić information content (AvgIpc) is 2.61. The summed E-state index contributed by atoms with van der Waals surface area (Å²) in [6.45, 7) is 0.168. The first kappa shape index (κ1) is 18.0. The molecule has 0 aliphatic heterocycles. The van der Waals surface area contributed by atoms with Crippen LogP contribution in [0.4, 0.5) is 0 Å². The van der Waals surface area contributed by atoms with Gasteiger partial charge in [-0.25, -0.2) is 13.2 Å². The van der Waals surface area contributed by atoms with E-state index in [1.54, 1.807) is 43.5 Å². The topological polar surface area (TPSA) is 72.9 Å². The summed E-state index contributed by atoms with van der Waals surface area (Å²) in [4.78, 5) is 11.7. The molecule has 0 saturated heterocycles. The van der Waals surface area contributed by atoms with E-state index in [0.717, 1.165) is 5.56 Å². The summed E-state index contributed by atoms with van der Waals surface area (Å²) in [5, 5.41) is 0. The van der Waals surface area contributed by atoms with E-state index in [9.17, 15) is 13.2 Å². The maximum Gasteiger partial charge on any atom is 0.339 e. The van der Waals surface area contributed by atoms with Crippen LogP contribution < -0.4 is 4.74 Å². The van der Waals surface area contributed by atoms with Crippen LogP contribution in [0.1, 0.15) is 15.9 Å². The maximum atomic E-state index is 12.8. The van der Waals surface area contributed by atoms with E-state index in [2.05, 4.69) is 4.74 Å². The van der Waals surface area contributed by atoms with Crippen LogP contribution in [0.3, 0.4) is 0 Å². The molecule has 0 bridgehead atoms. The molecule has 0 aliphatic carbocycles. The van der Waals surface area contributed by atoms with Crippen LogP contribution in [0.2, 0.25) is 0 Å². The van der Waals surface area contributed by atoms with Gasteiger partial charge in [0.25, 0.3) is 0 Å². The number of rotatable bonds is 6. The molecule has 0 amide bonds. The predicted octanol–water partition coefficient (Wildman–Crippen LogP) is 2.30. The summed E-state index contributed by atoms with van der Waals surface area (Å²) in [6, 6.07) is 13.1. The third kappa shape index (κ3) is 3.74. The Bertz CT molecular complexity index is 815. The maximum absolute atomic E-state index is 12.8. The molecule has 0 N–H and O–H groups in total. The molecule has 6 nitrogen and oxygen atoms in total. The van der Waals surface area contributed by atoms with Crippen LogP contribution in [0.15, 0.2) is 53.4 Å². The van der Waals surface area contributed by atoms with Crippen LogP contribution in [0.25, 0.3) is 0 Å². The largest absolute Gasteiger partial charge is 0.497 e. The van der Waals surface area contributed by atoms with Gasteiger partial charge in [0.1, 0.15) is 5.75 Å². The summed E-state index contributed by atoms with van der Waals surface area (Å²) in [7, 11) is 0.408. The van der Waals surface area contributed by atoms with Gasteiger partial charge in [-0.05, 0) is 29.8 Å². The Morgan fingerprint density at radius 2 is 1.67 bits per heavy atom. The number of hydrogen-bond donors (Lipinski definition) is 0. The summed E-state index contributed by atoms with van der Waals surface area (Å²) < 4.78 is 36.5. The van der Waals surface area contributed by atoms with Crippen LogP contribution in [0, 0.1) is 0 Å². The monoisotopic (exact) mass is 349 g/mol. The lowest BCUT2D eigenvalue weighted by Crippen LogP contribution is -2.28. The fourth-order valence-corrected chi connectivity index (χ4v) is 3.55. The van der Waals surface area contributed by atoms with Crippen molar-refractivity contribution >= 4 is 16.0 Å². The van der Waals surface area contributed by atoms with E-state index in [-0.39, 0.29) is 17.0 Å². The molecule has 7 heteroatoms. The number of carbonyl (C=O) groups is 1. The Morgan fingerprint density at radius 3 is 2.25 bits per heavy atom. The zero-order chi connectivity index (χ0) is 17.7. The van der Waals surface area contributed by atoms with Crippen LogP contribution in [-0.2, 0) is 21.3 Å². The fraction of sp³-hybridized carbons (Fsp3) is 0.235. The van der Waals surface area contributed by atoms with Gasteiger partial charge in [-0.2, -0.15) is 4.31 Å². The zero-order valence-corrected chi connectivity index (χ0v) is 14.5. The van der Waals surface area contributed by atoms with Crippen LogP contribution >= 0.6 is 0 Å². The zero-order valence-electron chi connectivity index (χ0n) is 13.7. The van der Waals surface area contributed by atoms with E-state index in [1.807, 2.05) is 0 Å². The molecular weight excluding hydrogens is 330 g/mol. The molecular formula is C17H19NO5S. The molecule has 2 rings (SSSR count). The SMILES string of the molecule is COC(=O)c1ccccc1S(=O)(=O)N(C)Cc1ccc(OC)cc1. The first-order chi connectivity index (χ1) is 11.4. The number of carbonyl (C=O) groups excluding carboxylic acids is 1. The van der Waals surface area contributed by atoms with Gasteiger partial charge >= 0.3 is 5.97 Å². The fourth-order valence-electron chi connectivity index (χ4n) is 2.21. The van der Waals surface area contributed by atoms with E-state index in [0.29, 0.717) is 5.75 Å². The van der Waals surface area contributed by atoms with Crippen molar-refractivity contribution in [2.45, 2.75) is 11.4 Å². The van der Waals surface area contributed by atoms with Crippen molar-refractivity contribution in [2.24, 2.45) is 0 Å². The van der Waals surface area contributed by atoms with Gasteiger partial charge in [-0.15, -0.1) is 0 Å². The first-order valence-electron chi connectivity index (χ1n) is 7.16. The molecule has 0 aliphatic rings. The lowest BCUT2D eigenvalue weighted by molar-refractivity contribution is 0.0596. The van der Waals surface area contributed by atoms with Gasteiger partial charge in [-0.1, -0.05) is 24.3 Å². The Hall–Kier alpha value is -2.38. The Morgan fingerprint density at radius 1 is 1.04 bits per heavy atom. The minimum Gasteiger partial charge on any atom is -0.497 e. The van der Waals surface area contributed by atoms with E-state index in [1.165, 1.54) is 30.6 Å². The van der Waals surface area contributed by atoms with Crippen molar-refractivity contribution in [1.82, 2.24) is 4.31 Å². The normalized spacial score (nSPS) is 11.3. The number of sulfonamides is 1. The van der Waals surface area contributed by atoms with Crippen molar-refractivity contribution in [2.75, 3.05) is 21.3 Å². The molecule has 2 aromatic rings. The number of hydrogen-bond acceptors (Lipinski definition) is 5. The minimum absolute atomic E-state index is 0.0154. The Balaban J connectivity index is 2.31. The predicted molar refractivity (Wildman–Crippen MR) is 89.4 cm³/mol. The quantitative estimate of drug-likeness (QED) is 0.748. The summed E-state index contributed by atoms with van der Waals surface area (Å²) in [5.41, 5.74) is 0.819. The third-order valence-electron chi connectivity index (χ3n) is 3.54. The van der Waals surface area contributed by atoms with Gasteiger partial charge in [0.15, 0.2) is 0 Å². The van der Waals surface area contributed by atoms with Gasteiger partial charge in [-0.3, -0.25) is 0 Å². The highest BCUT2D eigenvalue weighted by Gasteiger charge is 2.26. The van der Waals surface area contributed by atoms with Gasteiger partial charge in [0.2, 0.25) is 10.0 Å². The van der Waals surface area contributed by atoms with E-state index >= 15 is 0 Å². The second-order valence-corrected chi connectivity index (χ2v) is 7.11. The second-order valence-electron chi connectivity index (χ2n) is 5.10. The van der Waals surface area contributed by atoms with E-state index in [4.69, 9.17) is 4.74 Å². The van der Waals surface area contributed by atoms with Crippen molar-refractivity contribution in [3.8, 4) is 5.75 Å². The smallest absolute Gasteiger partial charge is 0.339 e. The molecule has 128 valence electrons. The Kier molecular flexibility index (Phi) is 5.58. The third-order valence-corrected chi connectivity index (χ3v) is 5.41. The average molecular weight is 349 g/mol. The standard InChI is InChI=1S/C17H19NO5S/c1-18(12-13-8-10-14(22-2)11-9-13)24(20,21)16-7-5-4-6-15(16)17(19)23-3/h4-11H,12H2,1-3H3. The van der Waals surface area contributed by atoms with Gasteiger partial charge in [0.05, 0.1) is 24.7 Å². The highest BCUT2D eigenvalue weighted by Crippen LogP contribution is 2.22. The van der Waals surface area contributed by atoms with Crippen molar-refractivity contribution < 1.29 is 22.7 Å². The first-order valence-corrected chi connectivity index (χ1v) is 8.60. The minimum atomic E-state index is -3.84. The van der Waals surface area contributed by atoms with Crippen LogP contribution in [0.5, 0.6) is 5.75 Å². The second kappa shape index (κ2) is 7.46.